The number of urea groups is 1. The van der Waals surface area contributed by atoms with Crippen molar-refractivity contribution in [3.63, 3.8) is 0 Å². The van der Waals surface area contributed by atoms with Gasteiger partial charge in [-0.2, -0.15) is 0 Å². The Hall–Kier alpha value is -2.69. The zero-order chi connectivity index (χ0) is 17.6. The maximum absolute atomic E-state index is 12.9. The van der Waals surface area contributed by atoms with Crippen LogP contribution >= 0.6 is 0 Å². The Morgan fingerprint density at radius 1 is 1.00 bits per heavy atom. The molecule has 2 aromatic carbocycles. The molecule has 0 bridgehead atoms. The highest BCUT2D eigenvalue weighted by Gasteiger charge is 2.25. The Labute approximate surface area is 149 Å². The molecule has 0 aromatic heterocycles. The van der Waals surface area contributed by atoms with Gasteiger partial charge in [-0.05, 0) is 43.3 Å². The first kappa shape index (κ1) is 17.1. The maximum atomic E-state index is 12.9. The zero-order valence-electron chi connectivity index (χ0n) is 14.9. The minimum absolute atomic E-state index is 0.0862. The van der Waals surface area contributed by atoms with E-state index in [9.17, 15) is 4.79 Å². The fourth-order valence-electron chi connectivity index (χ4n) is 3.16. The number of carbonyl (C=O) groups excluding carboxylic acids is 1. The summed E-state index contributed by atoms with van der Waals surface area (Å²) in [7, 11) is 1.67. The predicted octanol–water partition coefficient (Wildman–Crippen LogP) is 3.46. The van der Waals surface area contributed by atoms with E-state index in [1.165, 1.54) is 5.69 Å². The monoisotopic (exact) mass is 339 g/mol. The van der Waals surface area contributed by atoms with Crippen molar-refractivity contribution in [2.45, 2.75) is 6.92 Å². The number of carbonyl (C=O) groups is 1. The van der Waals surface area contributed by atoms with E-state index in [0.717, 1.165) is 37.6 Å². The van der Waals surface area contributed by atoms with Gasteiger partial charge in [0.25, 0.3) is 0 Å². The number of rotatable bonds is 4. The molecule has 1 fully saturated rings. The van der Waals surface area contributed by atoms with E-state index in [-0.39, 0.29) is 6.03 Å². The molecule has 1 aliphatic heterocycles. The van der Waals surface area contributed by atoms with Crippen LogP contribution in [0.25, 0.3) is 0 Å². The molecule has 1 saturated heterocycles. The molecule has 0 aliphatic carbocycles. The van der Waals surface area contributed by atoms with Gasteiger partial charge in [-0.3, -0.25) is 4.90 Å². The van der Waals surface area contributed by atoms with E-state index in [4.69, 9.17) is 4.74 Å². The Morgan fingerprint density at radius 3 is 2.20 bits per heavy atom. The van der Waals surface area contributed by atoms with Crippen LogP contribution in [0.4, 0.5) is 16.2 Å². The molecule has 0 spiro atoms. The Morgan fingerprint density at radius 2 is 1.64 bits per heavy atom. The summed E-state index contributed by atoms with van der Waals surface area (Å²) in [5.74, 6) is 0.860. The largest absolute Gasteiger partial charge is 0.497 e. The van der Waals surface area contributed by atoms with Crippen molar-refractivity contribution in [2.75, 3.05) is 49.6 Å². The molecule has 0 unspecified atom stereocenters. The minimum Gasteiger partial charge on any atom is -0.497 e. The zero-order valence-corrected chi connectivity index (χ0v) is 14.9. The van der Waals surface area contributed by atoms with Gasteiger partial charge in [0.2, 0.25) is 0 Å². The maximum Gasteiger partial charge on any atom is 0.324 e. The number of amides is 2. The number of benzene rings is 2. The third kappa shape index (κ3) is 3.87. The van der Waals surface area contributed by atoms with E-state index < -0.39 is 0 Å². The van der Waals surface area contributed by atoms with Crippen molar-refractivity contribution < 1.29 is 9.53 Å². The van der Waals surface area contributed by atoms with E-state index in [1.807, 2.05) is 59.2 Å². The SMILES string of the molecule is CCN(C(=O)N1CCN(c2ccc(OC)cc2)CC1)c1ccccc1. The fourth-order valence-corrected chi connectivity index (χ4v) is 3.16. The van der Waals surface area contributed by atoms with E-state index in [0.29, 0.717) is 6.54 Å². The van der Waals surface area contributed by atoms with Crippen molar-refractivity contribution in [2.24, 2.45) is 0 Å². The summed E-state index contributed by atoms with van der Waals surface area (Å²) in [5.41, 5.74) is 2.12. The summed E-state index contributed by atoms with van der Waals surface area (Å²) in [6.45, 7) is 5.82. The number of hydrogen-bond acceptors (Lipinski definition) is 3. The first-order valence-corrected chi connectivity index (χ1v) is 8.73. The van der Waals surface area contributed by atoms with Crippen molar-refractivity contribution >= 4 is 17.4 Å². The molecule has 0 atom stereocenters. The topological polar surface area (TPSA) is 36.0 Å². The summed E-state index contributed by atoms with van der Waals surface area (Å²) < 4.78 is 5.21. The smallest absolute Gasteiger partial charge is 0.324 e. The van der Waals surface area contributed by atoms with Crippen molar-refractivity contribution in [3.05, 3.63) is 54.6 Å². The molecule has 3 rings (SSSR count). The molecule has 1 aliphatic rings. The lowest BCUT2D eigenvalue weighted by Crippen LogP contribution is -2.53. The Kier molecular flexibility index (Phi) is 5.43. The van der Waals surface area contributed by atoms with E-state index in [1.54, 1.807) is 7.11 Å². The van der Waals surface area contributed by atoms with Crippen LogP contribution in [0.1, 0.15) is 6.92 Å². The molecule has 2 amide bonds. The van der Waals surface area contributed by atoms with Gasteiger partial charge in [-0.1, -0.05) is 18.2 Å². The first-order valence-electron chi connectivity index (χ1n) is 8.73. The van der Waals surface area contributed by atoms with Crippen molar-refractivity contribution in [3.8, 4) is 5.75 Å². The van der Waals surface area contributed by atoms with E-state index in [2.05, 4.69) is 17.0 Å². The second kappa shape index (κ2) is 7.92. The van der Waals surface area contributed by atoms with Gasteiger partial charge in [0, 0.05) is 44.1 Å². The molecular weight excluding hydrogens is 314 g/mol. The lowest BCUT2D eigenvalue weighted by molar-refractivity contribution is 0.201. The van der Waals surface area contributed by atoms with Gasteiger partial charge in [-0.15, -0.1) is 0 Å². The molecular formula is C20H25N3O2. The number of anilines is 2. The van der Waals surface area contributed by atoms with Gasteiger partial charge < -0.3 is 14.5 Å². The third-order valence-corrected chi connectivity index (χ3v) is 4.60. The van der Waals surface area contributed by atoms with Crippen LogP contribution in [0, 0.1) is 0 Å². The van der Waals surface area contributed by atoms with Gasteiger partial charge in [-0.25, -0.2) is 4.79 Å². The molecule has 5 heteroatoms. The third-order valence-electron chi connectivity index (χ3n) is 4.60. The predicted molar refractivity (Wildman–Crippen MR) is 102 cm³/mol. The second-order valence-corrected chi connectivity index (χ2v) is 6.03. The van der Waals surface area contributed by atoms with Crippen LogP contribution in [-0.2, 0) is 0 Å². The molecule has 5 nitrogen and oxygen atoms in total. The number of ether oxygens (including phenoxy) is 1. The number of para-hydroxylation sites is 1. The number of hydrogen-bond donors (Lipinski definition) is 0. The quantitative estimate of drug-likeness (QED) is 0.856. The Bertz CT molecular complexity index is 680. The van der Waals surface area contributed by atoms with Crippen molar-refractivity contribution in [1.29, 1.82) is 0 Å². The number of nitrogens with zero attached hydrogens (tertiary/aromatic N) is 3. The minimum atomic E-state index is 0.0862. The highest BCUT2D eigenvalue weighted by molar-refractivity contribution is 5.92. The molecule has 25 heavy (non-hydrogen) atoms. The van der Waals surface area contributed by atoms with Gasteiger partial charge in [0.15, 0.2) is 0 Å². The summed E-state index contributed by atoms with van der Waals surface area (Å²) in [4.78, 5) is 19.0. The van der Waals surface area contributed by atoms with Crippen LogP contribution in [0.5, 0.6) is 5.75 Å². The van der Waals surface area contributed by atoms with Crippen LogP contribution < -0.4 is 14.5 Å². The molecule has 132 valence electrons. The van der Waals surface area contributed by atoms with Crippen LogP contribution in [0.2, 0.25) is 0 Å². The first-order chi connectivity index (χ1) is 12.2. The molecule has 0 saturated carbocycles. The lowest BCUT2D eigenvalue weighted by atomic mass is 10.2. The summed E-state index contributed by atoms with van der Waals surface area (Å²) in [5, 5.41) is 0. The standard InChI is InChI=1S/C20H25N3O2/c1-3-23(18-7-5-4-6-8-18)20(24)22-15-13-21(14-16-22)17-9-11-19(25-2)12-10-17/h4-12H,3,13-16H2,1-2H3. The van der Waals surface area contributed by atoms with Gasteiger partial charge >= 0.3 is 6.03 Å². The summed E-state index contributed by atoms with van der Waals surface area (Å²) in [6.07, 6.45) is 0. The van der Waals surface area contributed by atoms with E-state index >= 15 is 0 Å². The highest BCUT2D eigenvalue weighted by Crippen LogP contribution is 2.21. The summed E-state index contributed by atoms with van der Waals surface area (Å²) in [6, 6.07) is 18.0. The highest BCUT2D eigenvalue weighted by atomic mass is 16.5. The Balaban J connectivity index is 1.62. The van der Waals surface area contributed by atoms with Crippen LogP contribution in [-0.4, -0.2) is 50.8 Å². The normalized spacial score (nSPS) is 14.3. The van der Waals surface area contributed by atoms with Gasteiger partial charge in [0.05, 0.1) is 7.11 Å². The number of piperazine rings is 1. The number of methoxy groups -OCH3 is 1. The molecule has 0 radical (unpaired) electrons. The van der Waals surface area contributed by atoms with Gasteiger partial charge in [0.1, 0.15) is 5.75 Å². The average molecular weight is 339 g/mol. The fraction of sp³-hybridized carbons (Fsp3) is 0.350. The molecule has 1 heterocycles. The lowest BCUT2D eigenvalue weighted by Gasteiger charge is -2.38. The van der Waals surface area contributed by atoms with Crippen molar-refractivity contribution in [1.82, 2.24) is 4.90 Å². The van der Waals surface area contributed by atoms with Crippen LogP contribution in [0.15, 0.2) is 54.6 Å². The molecule has 2 aromatic rings. The second-order valence-electron chi connectivity index (χ2n) is 6.03. The molecule has 0 N–H and O–H groups in total. The van der Waals surface area contributed by atoms with Crippen LogP contribution in [0.3, 0.4) is 0 Å². The summed E-state index contributed by atoms with van der Waals surface area (Å²) >= 11 is 0. The average Bonchev–Trinajstić information content (AvgIpc) is 2.69.